The molecule has 1 aliphatic rings. The smallest absolute Gasteiger partial charge is 0.339 e. The zero-order chi connectivity index (χ0) is 10.8. The van der Waals surface area contributed by atoms with Gasteiger partial charge in [0.1, 0.15) is 6.10 Å². The summed E-state index contributed by atoms with van der Waals surface area (Å²) >= 11 is 6.16. The van der Waals surface area contributed by atoms with Gasteiger partial charge in [0, 0.05) is 0 Å². The molecule has 0 saturated carbocycles. The van der Waals surface area contributed by atoms with Gasteiger partial charge in [-0.3, -0.25) is 0 Å². The third kappa shape index (κ3) is 1.77. The fraction of sp³-hybridized carbons (Fsp3) is 0.250. The van der Waals surface area contributed by atoms with E-state index in [4.69, 9.17) is 16.3 Å². The number of benzene rings is 1. The van der Waals surface area contributed by atoms with Crippen LogP contribution in [0.5, 0.6) is 0 Å². The van der Waals surface area contributed by atoms with Crippen molar-refractivity contribution < 1.29 is 9.53 Å². The second-order valence-electron chi connectivity index (χ2n) is 3.40. The van der Waals surface area contributed by atoms with Gasteiger partial charge in [0.2, 0.25) is 0 Å². The van der Waals surface area contributed by atoms with E-state index in [2.05, 4.69) is 0 Å². The van der Waals surface area contributed by atoms with Gasteiger partial charge < -0.3 is 4.74 Å². The fourth-order valence-corrected chi connectivity index (χ4v) is 1.91. The molecule has 1 aromatic carbocycles. The maximum absolute atomic E-state index is 11.3. The normalized spacial score (nSPS) is 23.1. The topological polar surface area (TPSA) is 26.3 Å². The maximum Gasteiger partial charge on any atom is 0.339 e. The lowest BCUT2D eigenvalue weighted by Gasteiger charge is -2.29. The van der Waals surface area contributed by atoms with Crippen LogP contribution in [0.15, 0.2) is 35.9 Å². The van der Waals surface area contributed by atoms with Crippen molar-refractivity contribution in [2.24, 2.45) is 0 Å². The summed E-state index contributed by atoms with van der Waals surface area (Å²) in [5.74, 6) is -0.296. The predicted octanol–water partition coefficient (Wildman–Crippen LogP) is 2.97. The molecule has 1 heterocycles. The average Bonchev–Trinajstić information content (AvgIpc) is 2.26. The molecular weight excluding hydrogens is 212 g/mol. The van der Waals surface area contributed by atoms with Crippen LogP contribution in [0.2, 0.25) is 0 Å². The van der Waals surface area contributed by atoms with E-state index in [-0.39, 0.29) is 12.1 Å². The second-order valence-corrected chi connectivity index (χ2v) is 3.77. The van der Waals surface area contributed by atoms with Crippen molar-refractivity contribution in [3.8, 4) is 0 Å². The summed E-state index contributed by atoms with van der Waals surface area (Å²) in [7, 11) is 0. The summed E-state index contributed by atoms with van der Waals surface area (Å²) in [5, 5.41) is 0.513. The maximum atomic E-state index is 11.3. The zero-order valence-electron chi connectivity index (χ0n) is 8.37. The molecule has 1 unspecified atom stereocenters. The van der Waals surface area contributed by atoms with Gasteiger partial charge in [0.05, 0.1) is 10.6 Å². The summed E-state index contributed by atoms with van der Waals surface area (Å²) in [6.07, 6.45) is 0.634. The van der Waals surface area contributed by atoms with Crippen molar-refractivity contribution in [3.05, 3.63) is 41.5 Å². The number of carbonyl (C=O) groups is 1. The van der Waals surface area contributed by atoms with E-state index in [1.165, 1.54) is 0 Å². The van der Waals surface area contributed by atoms with Gasteiger partial charge in [-0.1, -0.05) is 48.9 Å². The molecule has 0 amide bonds. The number of hydrogen-bond donors (Lipinski definition) is 0. The molecule has 1 aromatic rings. The highest BCUT2D eigenvalue weighted by Gasteiger charge is 2.37. The van der Waals surface area contributed by atoms with Crippen LogP contribution < -0.4 is 0 Å². The Kier molecular flexibility index (Phi) is 2.78. The van der Waals surface area contributed by atoms with E-state index in [0.717, 1.165) is 12.0 Å². The Morgan fingerprint density at radius 3 is 2.60 bits per heavy atom. The van der Waals surface area contributed by atoms with E-state index in [9.17, 15) is 4.79 Å². The SMILES string of the molecule is CCC1OC(=O)/C1=C(\Cl)c1ccccc1. The average molecular weight is 223 g/mol. The van der Waals surface area contributed by atoms with Crippen molar-refractivity contribution in [3.63, 3.8) is 0 Å². The van der Waals surface area contributed by atoms with Crippen LogP contribution >= 0.6 is 11.6 Å². The molecule has 15 heavy (non-hydrogen) atoms. The minimum atomic E-state index is -0.296. The summed E-state index contributed by atoms with van der Waals surface area (Å²) in [6, 6.07) is 9.46. The van der Waals surface area contributed by atoms with Crippen molar-refractivity contribution in [2.45, 2.75) is 19.4 Å². The quantitative estimate of drug-likeness (QED) is 0.568. The monoisotopic (exact) mass is 222 g/mol. The molecule has 1 aliphatic heterocycles. The van der Waals surface area contributed by atoms with Gasteiger partial charge >= 0.3 is 5.97 Å². The standard InChI is InChI=1S/C12H11ClO2/c1-2-9-10(12(14)15-9)11(13)8-6-4-3-5-7-8/h3-7,9H,2H2,1H3/b11-10-. The Morgan fingerprint density at radius 1 is 1.40 bits per heavy atom. The van der Waals surface area contributed by atoms with E-state index < -0.39 is 0 Å². The molecule has 0 aromatic heterocycles. The number of rotatable bonds is 2. The summed E-state index contributed by atoms with van der Waals surface area (Å²) in [6.45, 7) is 1.96. The number of hydrogen-bond acceptors (Lipinski definition) is 2. The third-order valence-electron chi connectivity index (χ3n) is 2.43. The lowest BCUT2D eigenvalue weighted by Crippen LogP contribution is -2.36. The van der Waals surface area contributed by atoms with Crippen LogP contribution in [-0.4, -0.2) is 12.1 Å². The van der Waals surface area contributed by atoms with E-state index >= 15 is 0 Å². The molecule has 0 N–H and O–H groups in total. The van der Waals surface area contributed by atoms with Crippen LogP contribution in [0.25, 0.3) is 5.03 Å². The van der Waals surface area contributed by atoms with Crippen molar-refractivity contribution in [1.29, 1.82) is 0 Å². The molecule has 0 radical (unpaired) electrons. The van der Waals surface area contributed by atoms with Crippen LogP contribution in [0.1, 0.15) is 18.9 Å². The molecular formula is C12H11ClO2. The largest absolute Gasteiger partial charge is 0.454 e. The van der Waals surface area contributed by atoms with Crippen LogP contribution in [0, 0.1) is 0 Å². The third-order valence-corrected chi connectivity index (χ3v) is 2.85. The number of ether oxygens (including phenoxy) is 1. The van der Waals surface area contributed by atoms with Gasteiger partial charge in [-0.25, -0.2) is 4.79 Å². The number of esters is 1. The van der Waals surface area contributed by atoms with E-state index in [0.29, 0.717) is 10.6 Å². The molecule has 1 fully saturated rings. The van der Waals surface area contributed by atoms with Crippen molar-refractivity contribution in [2.75, 3.05) is 0 Å². The first kappa shape index (κ1) is 10.2. The summed E-state index contributed by atoms with van der Waals surface area (Å²) in [4.78, 5) is 11.3. The van der Waals surface area contributed by atoms with Crippen LogP contribution in [0.3, 0.4) is 0 Å². The number of cyclic esters (lactones) is 1. The predicted molar refractivity (Wildman–Crippen MR) is 59.4 cm³/mol. The van der Waals surface area contributed by atoms with Gasteiger partial charge in [-0.05, 0) is 12.0 Å². The summed E-state index contributed by atoms with van der Waals surface area (Å²) in [5.41, 5.74) is 1.47. The molecule has 2 rings (SSSR count). The summed E-state index contributed by atoms with van der Waals surface area (Å²) < 4.78 is 4.96. The molecule has 0 spiro atoms. The lowest BCUT2D eigenvalue weighted by atomic mass is 9.99. The minimum Gasteiger partial charge on any atom is -0.454 e. The molecule has 1 atom stereocenters. The first-order chi connectivity index (χ1) is 7.24. The van der Waals surface area contributed by atoms with Gasteiger partial charge in [0.15, 0.2) is 0 Å². The number of halogens is 1. The van der Waals surface area contributed by atoms with Gasteiger partial charge in [0.25, 0.3) is 0 Å². The minimum absolute atomic E-state index is 0.134. The van der Waals surface area contributed by atoms with Crippen molar-refractivity contribution >= 4 is 22.6 Å². The molecule has 1 saturated heterocycles. The van der Waals surface area contributed by atoms with Gasteiger partial charge in [-0.2, -0.15) is 0 Å². The highest BCUT2D eigenvalue weighted by Crippen LogP contribution is 2.34. The molecule has 2 nitrogen and oxygen atoms in total. The van der Waals surface area contributed by atoms with Gasteiger partial charge in [-0.15, -0.1) is 0 Å². The first-order valence-electron chi connectivity index (χ1n) is 4.90. The Bertz CT molecular complexity index is 409. The Hall–Kier alpha value is -1.28. The molecule has 0 bridgehead atoms. The molecule has 78 valence electrons. The van der Waals surface area contributed by atoms with Crippen LogP contribution in [0.4, 0.5) is 0 Å². The Balaban J connectivity index is 2.37. The fourth-order valence-electron chi connectivity index (χ4n) is 1.58. The second kappa shape index (κ2) is 4.07. The zero-order valence-corrected chi connectivity index (χ0v) is 9.12. The highest BCUT2D eigenvalue weighted by atomic mass is 35.5. The Labute approximate surface area is 93.5 Å². The number of carbonyl (C=O) groups excluding carboxylic acids is 1. The molecule has 3 heteroatoms. The molecule has 0 aliphatic carbocycles. The van der Waals surface area contributed by atoms with Crippen LogP contribution in [-0.2, 0) is 9.53 Å². The highest BCUT2D eigenvalue weighted by molar-refractivity contribution is 6.51. The van der Waals surface area contributed by atoms with Crippen molar-refractivity contribution in [1.82, 2.24) is 0 Å². The van der Waals surface area contributed by atoms with E-state index in [1.54, 1.807) is 0 Å². The lowest BCUT2D eigenvalue weighted by molar-refractivity contribution is -0.155. The Morgan fingerprint density at radius 2 is 2.07 bits per heavy atom. The van der Waals surface area contributed by atoms with E-state index in [1.807, 2.05) is 37.3 Å². The first-order valence-corrected chi connectivity index (χ1v) is 5.28.